The third-order valence-electron chi connectivity index (χ3n) is 5.15. The number of benzene rings is 3. The highest BCUT2D eigenvalue weighted by atomic mass is 16.5. The number of nitrogens with zero attached hydrogens (tertiary/aromatic N) is 2. The van der Waals surface area contributed by atoms with Gasteiger partial charge in [0, 0.05) is 13.1 Å². The number of fused-ring (bicyclic) bond motifs is 1. The van der Waals surface area contributed by atoms with Crippen LogP contribution >= 0.6 is 0 Å². The van der Waals surface area contributed by atoms with Crippen LogP contribution in [0, 0.1) is 11.3 Å². The molecule has 4 nitrogen and oxygen atoms in total. The third-order valence-corrected chi connectivity index (χ3v) is 5.15. The number of carbonyl (C=O) groups excluding carboxylic acids is 1. The van der Waals surface area contributed by atoms with Gasteiger partial charge in [-0.1, -0.05) is 48.5 Å². The Balaban J connectivity index is 1.41. The smallest absolute Gasteiger partial charge is 0.264 e. The van der Waals surface area contributed by atoms with Crippen LogP contribution in [0.3, 0.4) is 0 Å². The van der Waals surface area contributed by atoms with E-state index in [-0.39, 0.29) is 11.5 Å². The SMILES string of the molecule is N#C/C(=C\c1ccc(OCc2ccc3ccccc3c2)cc1)C(=O)N1CCCC1. The van der Waals surface area contributed by atoms with Crippen molar-refractivity contribution >= 4 is 22.8 Å². The summed E-state index contributed by atoms with van der Waals surface area (Å²) < 4.78 is 5.90. The number of carbonyl (C=O) groups is 1. The minimum absolute atomic E-state index is 0.178. The summed E-state index contributed by atoms with van der Waals surface area (Å²) in [5, 5.41) is 11.8. The lowest BCUT2D eigenvalue weighted by Crippen LogP contribution is -2.28. The van der Waals surface area contributed by atoms with E-state index in [0.717, 1.165) is 42.8 Å². The van der Waals surface area contributed by atoms with Crippen molar-refractivity contribution in [3.8, 4) is 11.8 Å². The molecule has 4 rings (SSSR count). The van der Waals surface area contributed by atoms with Gasteiger partial charge in [-0.05, 0) is 59.0 Å². The van der Waals surface area contributed by atoms with Crippen LogP contribution in [0.15, 0.2) is 72.3 Å². The standard InChI is InChI=1S/C25H22N2O2/c26-17-23(25(28)27-13-3-4-14-27)15-19-8-11-24(12-9-19)29-18-20-7-10-21-5-1-2-6-22(21)16-20/h1-2,5-12,15-16H,3-4,13-14,18H2/b23-15+. The highest BCUT2D eigenvalue weighted by Crippen LogP contribution is 2.20. The summed E-state index contributed by atoms with van der Waals surface area (Å²) in [5.41, 5.74) is 2.10. The maximum atomic E-state index is 12.4. The van der Waals surface area contributed by atoms with Crippen molar-refractivity contribution in [1.82, 2.24) is 4.90 Å². The summed E-state index contributed by atoms with van der Waals surface area (Å²) in [6, 6.07) is 24.1. The lowest BCUT2D eigenvalue weighted by Gasteiger charge is -2.14. The van der Waals surface area contributed by atoms with E-state index in [2.05, 4.69) is 30.3 Å². The van der Waals surface area contributed by atoms with Crippen molar-refractivity contribution in [2.45, 2.75) is 19.4 Å². The van der Waals surface area contributed by atoms with E-state index in [0.29, 0.717) is 6.61 Å². The van der Waals surface area contributed by atoms with E-state index in [1.54, 1.807) is 11.0 Å². The molecule has 1 fully saturated rings. The number of likely N-dealkylation sites (tertiary alicyclic amines) is 1. The van der Waals surface area contributed by atoms with Crippen molar-refractivity contribution < 1.29 is 9.53 Å². The Hall–Kier alpha value is -3.58. The van der Waals surface area contributed by atoms with Crippen LogP contribution < -0.4 is 4.74 Å². The van der Waals surface area contributed by atoms with Gasteiger partial charge in [-0.3, -0.25) is 4.79 Å². The Labute approximate surface area is 170 Å². The van der Waals surface area contributed by atoms with Crippen molar-refractivity contribution in [2.75, 3.05) is 13.1 Å². The fourth-order valence-corrected chi connectivity index (χ4v) is 3.55. The van der Waals surface area contributed by atoms with Gasteiger partial charge in [-0.15, -0.1) is 0 Å². The lowest BCUT2D eigenvalue weighted by molar-refractivity contribution is -0.125. The fourth-order valence-electron chi connectivity index (χ4n) is 3.55. The van der Waals surface area contributed by atoms with E-state index < -0.39 is 0 Å². The molecule has 1 aliphatic heterocycles. The first kappa shape index (κ1) is 18.8. The summed E-state index contributed by atoms with van der Waals surface area (Å²) in [6.07, 6.45) is 3.66. The van der Waals surface area contributed by atoms with Crippen LogP contribution in [0.1, 0.15) is 24.0 Å². The molecule has 29 heavy (non-hydrogen) atoms. The van der Waals surface area contributed by atoms with Crippen LogP contribution in [-0.4, -0.2) is 23.9 Å². The topological polar surface area (TPSA) is 53.3 Å². The van der Waals surface area contributed by atoms with Gasteiger partial charge >= 0.3 is 0 Å². The minimum Gasteiger partial charge on any atom is -0.489 e. The monoisotopic (exact) mass is 382 g/mol. The van der Waals surface area contributed by atoms with Gasteiger partial charge in [0.2, 0.25) is 0 Å². The van der Waals surface area contributed by atoms with E-state index >= 15 is 0 Å². The van der Waals surface area contributed by atoms with Gasteiger partial charge in [0.05, 0.1) is 0 Å². The highest BCUT2D eigenvalue weighted by molar-refractivity contribution is 6.01. The van der Waals surface area contributed by atoms with Crippen LogP contribution in [0.4, 0.5) is 0 Å². The Morgan fingerprint density at radius 1 is 1.00 bits per heavy atom. The zero-order valence-electron chi connectivity index (χ0n) is 16.2. The molecule has 0 unspecified atom stereocenters. The molecule has 144 valence electrons. The molecule has 1 amide bonds. The molecule has 3 aromatic rings. The van der Waals surface area contributed by atoms with Gasteiger partial charge < -0.3 is 9.64 Å². The first-order chi connectivity index (χ1) is 14.2. The number of amides is 1. The molecule has 3 aromatic carbocycles. The molecule has 1 saturated heterocycles. The zero-order valence-corrected chi connectivity index (χ0v) is 16.2. The minimum atomic E-state index is -0.179. The molecule has 0 atom stereocenters. The summed E-state index contributed by atoms with van der Waals surface area (Å²) in [4.78, 5) is 14.2. The lowest BCUT2D eigenvalue weighted by atomic mass is 10.1. The van der Waals surface area contributed by atoms with Crippen molar-refractivity contribution in [2.24, 2.45) is 0 Å². The predicted octanol–water partition coefficient (Wildman–Crippen LogP) is 4.95. The van der Waals surface area contributed by atoms with Gasteiger partial charge in [0.1, 0.15) is 24.0 Å². The second-order valence-corrected chi connectivity index (χ2v) is 7.21. The fraction of sp³-hybridized carbons (Fsp3) is 0.200. The maximum Gasteiger partial charge on any atom is 0.264 e. The van der Waals surface area contributed by atoms with Crippen molar-refractivity contribution in [1.29, 1.82) is 5.26 Å². The first-order valence-corrected chi connectivity index (χ1v) is 9.84. The second kappa shape index (κ2) is 8.62. The van der Waals surface area contributed by atoms with Crippen LogP contribution in [0.25, 0.3) is 16.8 Å². The molecular formula is C25H22N2O2. The predicted molar refractivity (Wildman–Crippen MR) is 114 cm³/mol. The van der Waals surface area contributed by atoms with E-state index in [1.165, 1.54) is 10.8 Å². The summed E-state index contributed by atoms with van der Waals surface area (Å²) in [7, 11) is 0. The molecule has 4 heteroatoms. The molecule has 0 aromatic heterocycles. The largest absolute Gasteiger partial charge is 0.489 e. The van der Waals surface area contributed by atoms with Crippen molar-refractivity contribution in [3.05, 3.63) is 83.4 Å². The second-order valence-electron chi connectivity index (χ2n) is 7.21. The van der Waals surface area contributed by atoms with E-state index in [1.807, 2.05) is 42.5 Å². The maximum absolute atomic E-state index is 12.4. The average Bonchev–Trinajstić information content (AvgIpc) is 3.31. The molecule has 0 N–H and O–H groups in total. The molecular weight excluding hydrogens is 360 g/mol. The van der Waals surface area contributed by atoms with Crippen molar-refractivity contribution in [3.63, 3.8) is 0 Å². The van der Waals surface area contributed by atoms with Gasteiger partial charge in [-0.2, -0.15) is 5.26 Å². The van der Waals surface area contributed by atoms with Gasteiger partial charge in [0.25, 0.3) is 5.91 Å². The number of nitriles is 1. The number of hydrogen-bond donors (Lipinski definition) is 0. The summed E-state index contributed by atoms with van der Waals surface area (Å²) in [5.74, 6) is 0.571. The molecule has 0 spiro atoms. The average molecular weight is 382 g/mol. The summed E-state index contributed by atoms with van der Waals surface area (Å²) >= 11 is 0. The molecule has 1 heterocycles. The van der Waals surface area contributed by atoms with E-state index in [9.17, 15) is 10.1 Å². The normalized spacial score (nSPS) is 14.0. The Morgan fingerprint density at radius 3 is 2.45 bits per heavy atom. The highest BCUT2D eigenvalue weighted by Gasteiger charge is 2.21. The van der Waals surface area contributed by atoms with E-state index in [4.69, 9.17) is 4.74 Å². The van der Waals surface area contributed by atoms with Gasteiger partial charge in [-0.25, -0.2) is 0 Å². The number of rotatable bonds is 5. The van der Waals surface area contributed by atoms with Crippen LogP contribution in [0.5, 0.6) is 5.75 Å². The Bertz CT molecular complexity index is 1090. The van der Waals surface area contributed by atoms with Gasteiger partial charge in [0.15, 0.2) is 0 Å². The summed E-state index contributed by atoms with van der Waals surface area (Å²) in [6.45, 7) is 1.95. The zero-order chi connectivity index (χ0) is 20.1. The Kier molecular flexibility index (Phi) is 5.58. The van der Waals surface area contributed by atoms with Crippen LogP contribution in [0.2, 0.25) is 0 Å². The molecule has 0 saturated carbocycles. The third kappa shape index (κ3) is 4.47. The Morgan fingerprint density at radius 2 is 1.72 bits per heavy atom. The molecule has 0 bridgehead atoms. The quantitative estimate of drug-likeness (QED) is 0.463. The molecule has 1 aliphatic rings. The molecule has 0 radical (unpaired) electrons. The number of hydrogen-bond acceptors (Lipinski definition) is 3. The van der Waals surface area contributed by atoms with Crippen LogP contribution in [-0.2, 0) is 11.4 Å². The first-order valence-electron chi connectivity index (χ1n) is 9.84. The molecule has 0 aliphatic carbocycles. The number of ether oxygens (including phenoxy) is 1.